The molecule has 3 aromatic rings. The van der Waals surface area contributed by atoms with Crippen LogP contribution in [0.5, 0.6) is 5.75 Å². The highest BCUT2D eigenvalue weighted by Crippen LogP contribution is 2.38. The quantitative estimate of drug-likeness (QED) is 0.239. The van der Waals surface area contributed by atoms with Crippen molar-refractivity contribution in [2.45, 2.75) is 17.4 Å². The minimum Gasteiger partial charge on any atom is -0.508 e. The Balaban J connectivity index is 1.84. The Kier molecular flexibility index (Phi) is 8.93. The first-order chi connectivity index (χ1) is 17.7. The van der Waals surface area contributed by atoms with Crippen LogP contribution < -0.4 is 10.6 Å². The number of carbonyl (C=O) groups is 2. The lowest BCUT2D eigenvalue weighted by molar-refractivity contribution is -0.139. The molecule has 13 heteroatoms. The van der Waals surface area contributed by atoms with Crippen LogP contribution >= 0.6 is 30.6 Å². The predicted octanol–water partition coefficient (Wildman–Crippen LogP) is 3.43. The van der Waals surface area contributed by atoms with Crippen LogP contribution in [-0.2, 0) is 25.6 Å². The van der Waals surface area contributed by atoms with Gasteiger partial charge in [0.05, 0.1) is 25.8 Å². The van der Waals surface area contributed by atoms with E-state index in [-0.39, 0.29) is 43.5 Å². The third-order valence-electron chi connectivity index (χ3n) is 5.17. The second kappa shape index (κ2) is 11.6. The average Bonchev–Trinajstić information content (AvgIpc) is 2.81. The van der Waals surface area contributed by atoms with Gasteiger partial charge >= 0.3 is 13.3 Å². The first kappa shape index (κ1) is 29.2. The van der Waals surface area contributed by atoms with Crippen molar-refractivity contribution in [2.75, 3.05) is 6.26 Å². The molecule has 0 aromatic heterocycles. The van der Waals surface area contributed by atoms with Crippen LogP contribution in [0.1, 0.15) is 21.5 Å². The fourth-order valence-electron chi connectivity index (χ4n) is 3.32. The maximum Gasteiger partial charge on any atom is 0.326 e. The van der Waals surface area contributed by atoms with E-state index in [9.17, 15) is 37.7 Å². The molecule has 0 spiro atoms. The highest BCUT2D eigenvalue weighted by molar-refractivity contribution is 7.90. The average molecular weight is 596 g/mol. The molecule has 9 nitrogen and oxygen atoms in total. The lowest BCUT2D eigenvalue weighted by atomic mass is 10.0. The Morgan fingerprint density at radius 3 is 2.26 bits per heavy atom. The summed E-state index contributed by atoms with van der Waals surface area (Å²) in [6, 6.07) is 11.9. The predicted molar refractivity (Wildman–Crippen MR) is 143 cm³/mol. The number of phenols is 1. The maximum atomic E-state index is 12.9. The number of carbonyl (C=O) groups excluding carboxylic acids is 1. The van der Waals surface area contributed by atoms with Gasteiger partial charge < -0.3 is 20.4 Å². The standard InChI is InChI=1S/C25H20Cl2NO8PS/c1-38(35,36)19-7-2-4-15(10-19)13-22(25(31)32)28-24(30)23-20(26)11-16(12-21(23)27)8-9-37(33,34)18-6-3-5-17(29)14-18/h2-7,10-12,14,22,29H,13H2,1H3,(H,28,30)(H,31,32)(H,33,34). The Bertz CT molecular complexity index is 1620. The second-order valence-electron chi connectivity index (χ2n) is 8.14. The number of hydrogen-bond donors (Lipinski definition) is 4. The summed E-state index contributed by atoms with van der Waals surface area (Å²) in [6.45, 7) is 0. The summed E-state index contributed by atoms with van der Waals surface area (Å²) in [5, 5.41) is 21.0. The number of hydrogen-bond acceptors (Lipinski definition) is 6. The molecule has 0 radical (unpaired) electrons. The van der Waals surface area contributed by atoms with Crippen LogP contribution in [0.25, 0.3) is 0 Å². The van der Waals surface area contributed by atoms with Gasteiger partial charge in [0.15, 0.2) is 9.84 Å². The number of phenolic OH excluding ortho intramolecular Hbond substituents is 1. The summed E-state index contributed by atoms with van der Waals surface area (Å²) in [7, 11) is -7.69. The summed E-state index contributed by atoms with van der Waals surface area (Å²) >= 11 is 12.4. The van der Waals surface area contributed by atoms with E-state index in [2.05, 4.69) is 16.9 Å². The van der Waals surface area contributed by atoms with Crippen LogP contribution in [0.3, 0.4) is 0 Å². The topological polar surface area (TPSA) is 158 Å². The first-order valence-electron chi connectivity index (χ1n) is 10.6. The molecule has 0 saturated carbocycles. The maximum absolute atomic E-state index is 12.9. The number of carboxylic acid groups (broad SMARTS) is 1. The number of carboxylic acids is 1. The number of rotatable bonds is 7. The van der Waals surface area contributed by atoms with Crippen molar-refractivity contribution in [3.8, 4) is 17.3 Å². The zero-order valence-corrected chi connectivity index (χ0v) is 22.8. The van der Waals surface area contributed by atoms with Gasteiger partial charge in [0, 0.05) is 18.2 Å². The highest BCUT2D eigenvalue weighted by atomic mass is 35.5. The van der Waals surface area contributed by atoms with Gasteiger partial charge in [-0.15, -0.1) is 0 Å². The molecule has 198 valence electrons. The summed E-state index contributed by atoms with van der Waals surface area (Å²) in [6.07, 6.45) is 0.802. The molecule has 0 fully saturated rings. The van der Waals surface area contributed by atoms with Crippen molar-refractivity contribution >= 4 is 57.6 Å². The summed E-state index contributed by atoms with van der Waals surface area (Å²) in [4.78, 5) is 34.9. The monoisotopic (exact) mass is 595 g/mol. The van der Waals surface area contributed by atoms with Gasteiger partial charge in [-0.2, -0.15) is 0 Å². The number of aliphatic carboxylic acids is 1. The zero-order chi connectivity index (χ0) is 28.3. The molecule has 0 aliphatic heterocycles. The third kappa shape index (κ3) is 7.38. The van der Waals surface area contributed by atoms with Crippen LogP contribution in [0.4, 0.5) is 0 Å². The molecule has 3 rings (SSSR count). The fourth-order valence-corrected chi connectivity index (χ4v) is 5.67. The molecule has 38 heavy (non-hydrogen) atoms. The van der Waals surface area contributed by atoms with Gasteiger partial charge in [0.2, 0.25) is 0 Å². The molecule has 0 bridgehead atoms. The minimum atomic E-state index is -4.17. The largest absolute Gasteiger partial charge is 0.508 e. The normalized spacial score (nSPS) is 13.5. The number of amides is 1. The molecule has 2 atom stereocenters. The lowest BCUT2D eigenvalue weighted by Crippen LogP contribution is -2.42. The summed E-state index contributed by atoms with van der Waals surface area (Å²) in [5.41, 5.74) is 2.46. The van der Waals surface area contributed by atoms with Gasteiger partial charge in [-0.3, -0.25) is 9.36 Å². The van der Waals surface area contributed by atoms with Crippen molar-refractivity contribution in [1.29, 1.82) is 0 Å². The first-order valence-corrected chi connectivity index (χ1v) is 15.0. The summed E-state index contributed by atoms with van der Waals surface area (Å²) in [5.74, 6) is -0.0102. The molecule has 0 saturated heterocycles. The van der Waals surface area contributed by atoms with Crippen molar-refractivity contribution in [2.24, 2.45) is 0 Å². The van der Waals surface area contributed by atoms with Crippen molar-refractivity contribution in [3.63, 3.8) is 0 Å². The van der Waals surface area contributed by atoms with E-state index in [1.54, 1.807) is 0 Å². The molecular weight excluding hydrogens is 576 g/mol. The van der Waals surface area contributed by atoms with Gasteiger partial charge in [-0.05, 0) is 53.7 Å². The van der Waals surface area contributed by atoms with Crippen molar-refractivity contribution in [3.05, 3.63) is 87.4 Å². The van der Waals surface area contributed by atoms with Crippen LogP contribution in [0.15, 0.2) is 65.6 Å². The third-order valence-corrected chi connectivity index (χ3v) is 8.27. The van der Waals surface area contributed by atoms with Gasteiger partial charge in [-0.25, -0.2) is 13.2 Å². The van der Waals surface area contributed by atoms with E-state index in [0.29, 0.717) is 5.56 Å². The van der Waals surface area contributed by atoms with E-state index in [1.807, 2.05) is 0 Å². The fraction of sp³-hybridized carbons (Fsp3) is 0.120. The zero-order valence-electron chi connectivity index (χ0n) is 19.6. The Morgan fingerprint density at radius 2 is 1.68 bits per heavy atom. The van der Waals surface area contributed by atoms with E-state index in [0.717, 1.165) is 12.3 Å². The van der Waals surface area contributed by atoms with E-state index >= 15 is 0 Å². The van der Waals surface area contributed by atoms with Crippen LogP contribution in [-0.4, -0.2) is 47.7 Å². The molecule has 1 amide bonds. The van der Waals surface area contributed by atoms with E-state index in [1.165, 1.54) is 54.6 Å². The molecule has 0 aliphatic carbocycles. The highest BCUT2D eigenvalue weighted by Gasteiger charge is 2.25. The SMILES string of the molecule is CS(=O)(=O)c1cccc(CC(NC(=O)c2c(Cl)cc(C#CP(=O)(O)c3cccc(O)c3)cc2Cl)C(=O)O)c1. The number of benzene rings is 3. The van der Waals surface area contributed by atoms with Gasteiger partial charge in [-0.1, -0.05) is 47.3 Å². The Labute approximate surface area is 228 Å². The Hall–Kier alpha value is -3.32. The Morgan fingerprint density at radius 1 is 1.05 bits per heavy atom. The molecule has 2 unspecified atom stereocenters. The molecular formula is C25H20Cl2NO8PS. The lowest BCUT2D eigenvalue weighted by Gasteiger charge is -2.16. The molecule has 3 aromatic carbocycles. The van der Waals surface area contributed by atoms with E-state index < -0.39 is 35.1 Å². The number of sulfone groups is 1. The van der Waals surface area contributed by atoms with Crippen LogP contribution in [0.2, 0.25) is 10.0 Å². The van der Waals surface area contributed by atoms with Crippen molar-refractivity contribution in [1.82, 2.24) is 5.32 Å². The molecule has 0 heterocycles. The number of halogens is 2. The summed E-state index contributed by atoms with van der Waals surface area (Å²) < 4.78 is 36.1. The van der Waals surface area contributed by atoms with Gasteiger partial charge in [0.25, 0.3) is 5.91 Å². The molecule has 0 aliphatic rings. The minimum absolute atomic E-state index is 0.00439. The number of nitrogens with one attached hydrogen (secondary N) is 1. The second-order valence-corrected chi connectivity index (χ2v) is 12.9. The molecule has 4 N–H and O–H groups in total. The van der Waals surface area contributed by atoms with Crippen LogP contribution in [0, 0.1) is 11.6 Å². The smallest absolute Gasteiger partial charge is 0.326 e. The van der Waals surface area contributed by atoms with E-state index in [4.69, 9.17) is 23.2 Å². The van der Waals surface area contributed by atoms with Crippen molar-refractivity contribution < 1.29 is 37.7 Å². The van der Waals surface area contributed by atoms with Gasteiger partial charge in [0.1, 0.15) is 11.8 Å². The number of aromatic hydroxyl groups is 1.